The van der Waals surface area contributed by atoms with Crippen LogP contribution in [0.3, 0.4) is 0 Å². The third-order valence-electron chi connectivity index (χ3n) is 2.80. The highest BCUT2D eigenvalue weighted by Crippen LogP contribution is 2.14. The lowest BCUT2D eigenvalue weighted by Crippen LogP contribution is -2.28. The van der Waals surface area contributed by atoms with E-state index in [1.165, 1.54) is 0 Å². The van der Waals surface area contributed by atoms with Crippen LogP contribution in [0, 0.1) is 6.92 Å². The fourth-order valence-corrected chi connectivity index (χ4v) is 2.07. The predicted octanol–water partition coefficient (Wildman–Crippen LogP) is 2.05. The number of hydrogen-bond acceptors (Lipinski definition) is 6. The molecular weight excluding hydrogens is 350 g/mol. The highest BCUT2D eigenvalue weighted by molar-refractivity contribution is 9.10. The number of furan rings is 1. The largest absolute Gasteiger partial charge is 0.444 e. The molecule has 2 N–H and O–H groups in total. The van der Waals surface area contributed by atoms with Crippen molar-refractivity contribution in [2.24, 2.45) is 0 Å². The second-order valence-corrected chi connectivity index (χ2v) is 5.62. The minimum atomic E-state index is -0.250. The quantitative estimate of drug-likeness (QED) is 0.760. The minimum Gasteiger partial charge on any atom is -0.444 e. The van der Waals surface area contributed by atoms with Crippen LogP contribution < -0.4 is 15.5 Å². The summed E-state index contributed by atoms with van der Waals surface area (Å²) in [5.74, 6) is 2.28. The monoisotopic (exact) mass is 367 g/mol. The normalized spacial score (nSPS) is 10.4. The van der Waals surface area contributed by atoms with Crippen molar-refractivity contribution in [3.8, 4) is 0 Å². The summed E-state index contributed by atoms with van der Waals surface area (Å²) in [6.07, 6.45) is 0. The zero-order valence-corrected chi connectivity index (χ0v) is 14.3. The number of halogens is 1. The van der Waals surface area contributed by atoms with Crippen molar-refractivity contribution in [1.82, 2.24) is 15.3 Å². The summed E-state index contributed by atoms with van der Waals surface area (Å²) >= 11 is 3.16. The van der Waals surface area contributed by atoms with Crippen LogP contribution in [0.5, 0.6) is 0 Å². The van der Waals surface area contributed by atoms with Crippen LogP contribution in [0.1, 0.15) is 16.4 Å². The first kappa shape index (κ1) is 16.3. The smallest absolute Gasteiger partial charge is 0.287 e. The summed E-state index contributed by atoms with van der Waals surface area (Å²) in [6, 6.07) is 5.15. The van der Waals surface area contributed by atoms with Crippen LogP contribution in [0.15, 0.2) is 27.3 Å². The van der Waals surface area contributed by atoms with Crippen LogP contribution in [-0.2, 0) is 0 Å². The minimum absolute atomic E-state index is 0.250. The molecule has 8 heteroatoms. The summed E-state index contributed by atoms with van der Waals surface area (Å²) in [4.78, 5) is 22.3. The van der Waals surface area contributed by atoms with E-state index >= 15 is 0 Å². The molecule has 118 valence electrons. The van der Waals surface area contributed by atoms with Crippen LogP contribution >= 0.6 is 15.9 Å². The Hall–Kier alpha value is -2.09. The number of nitrogens with one attached hydrogen (secondary N) is 2. The van der Waals surface area contributed by atoms with Gasteiger partial charge in [-0.15, -0.1) is 0 Å². The third kappa shape index (κ3) is 4.45. The number of hydrogen-bond donors (Lipinski definition) is 2. The van der Waals surface area contributed by atoms with Gasteiger partial charge in [-0.3, -0.25) is 4.79 Å². The van der Waals surface area contributed by atoms with E-state index in [2.05, 4.69) is 36.5 Å². The fraction of sp³-hybridized carbons (Fsp3) is 0.357. The number of rotatable bonds is 6. The Bertz CT molecular complexity index is 656. The second-order valence-electron chi connectivity index (χ2n) is 4.84. The molecule has 0 aliphatic carbocycles. The molecule has 2 heterocycles. The Labute approximate surface area is 137 Å². The zero-order chi connectivity index (χ0) is 16.1. The first-order valence-corrected chi connectivity index (χ1v) is 7.55. The molecule has 1 amide bonds. The maximum atomic E-state index is 11.8. The average Bonchev–Trinajstić information content (AvgIpc) is 2.89. The summed E-state index contributed by atoms with van der Waals surface area (Å²) in [7, 11) is 3.85. The average molecular weight is 368 g/mol. The maximum absolute atomic E-state index is 11.8. The SMILES string of the molecule is Cc1nc(NCCNC(=O)c2ccc(Br)o2)cc(N(C)C)n1. The van der Waals surface area contributed by atoms with E-state index in [9.17, 15) is 4.79 Å². The Kier molecular flexibility index (Phi) is 5.37. The van der Waals surface area contributed by atoms with Crippen LogP contribution in [0.2, 0.25) is 0 Å². The lowest BCUT2D eigenvalue weighted by molar-refractivity contribution is 0.0926. The number of carbonyl (C=O) groups excluding carboxylic acids is 1. The van der Waals surface area contributed by atoms with Gasteiger partial charge in [0, 0.05) is 33.3 Å². The van der Waals surface area contributed by atoms with Gasteiger partial charge in [-0.25, -0.2) is 9.97 Å². The van der Waals surface area contributed by atoms with Crippen molar-refractivity contribution in [3.63, 3.8) is 0 Å². The van der Waals surface area contributed by atoms with Crippen LogP contribution in [0.25, 0.3) is 0 Å². The van der Waals surface area contributed by atoms with Gasteiger partial charge in [0.2, 0.25) is 0 Å². The lowest BCUT2D eigenvalue weighted by atomic mass is 10.4. The molecule has 0 bridgehead atoms. The lowest BCUT2D eigenvalue weighted by Gasteiger charge is -2.14. The molecule has 0 saturated carbocycles. The summed E-state index contributed by atoms with van der Waals surface area (Å²) < 4.78 is 5.71. The molecule has 2 aromatic rings. The van der Waals surface area contributed by atoms with E-state index in [1.807, 2.05) is 32.0 Å². The summed E-state index contributed by atoms with van der Waals surface area (Å²) in [6.45, 7) is 2.85. The van der Waals surface area contributed by atoms with Crippen molar-refractivity contribution < 1.29 is 9.21 Å². The number of carbonyl (C=O) groups is 1. The van der Waals surface area contributed by atoms with Crippen LogP contribution in [-0.4, -0.2) is 43.1 Å². The topological polar surface area (TPSA) is 83.3 Å². The van der Waals surface area contributed by atoms with E-state index in [4.69, 9.17) is 4.42 Å². The molecule has 0 fully saturated rings. The van der Waals surface area contributed by atoms with Gasteiger partial charge in [-0.1, -0.05) is 0 Å². The van der Waals surface area contributed by atoms with E-state index in [0.29, 0.717) is 23.6 Å². The molecule has 0 aliphatic rings. The van der Waals surface area contributed by atoms with Gasteiger partial charge < -0.3 is 20.0 Å². The number of nitrogens with zero attached hydrogens (tertiary/aromatic N) is 3. The van der Waals surface area contributed by atoms with Crippen molar-refractivity contribution in [2.75, 3.05) is 37.4 Å². The number of aryl methyl sites for hydroxylation is 1. The summed E-state index contributed by atoms with van der Waals surface area (Å²) in [5.41, 5.74) is 0. The van der Waals surface area contributed by atoms with Gasteiger partial charge in [-0.05, 0) is 35.0 Å². The van der Waals surface area contributed by atoms with Crippen molar-refractivity contribution in [3.05, 3.63) is 34.5 Å². The standard InChI is InChI=1S/C14H18BrN5O2/c1-9-18-12(8-13(19-9)20(2)3)16-6-7-17-14(21)10-4-5-11(15)22-10/h4-5,8H,6-7H2,1-3H3,(H,17,21)(H,16,18,19). The molecule has 0 atom stereocenters. The fourth-order valence-electron chi connectivity index (χ4n) is 1.76. The van der Waals surface area contributed by atoms with Gasteiger partial charge in [0.25, 0.3) is 5.91 Å². The first-order chi connectivity index (χ1) is 10.5. The van der Waals surface area contributed by atoms with Crippen LogP contribution in [0.4, 0.5) is 11.6 Å². The van der Waals surface area contributed by atoms with E-state index in [0.717, 1.165) is 11.6 Å². The maximum Gasteiger partial charge on any atom is 0.287 e. The molecule has 2 aromatic heterocycles. The predicted molar refractivity (Wildman–Crippen MR) is 88.3 cm³/mol. The molecule has 0 aromatic carbocycles. The number of aromatic nitrogens is 2. The zero-order valence-electron chi connectivity index (χ0n) is 12.7. The van der Waals surface area contributed by atoms with Crippen molar-refractivity contribution in [1.29, 1.82) is 0 Å². The number of amides is 1. The molecule has 0 aliphatic heterocycles. The molecule has 0 saturated heterocycles. The number of anilines is 2. The second kappa shape index (κ2) is 7.26. The molecular formula is C14H18BrN5O2. The molecule has 0 spiro atoms. The highest BCUT2D eigenvalue weighted by Gasteiger charge is 2.09. The third-order valence-corrected chi connectivity index (χ3v) is 3.22. The van der Waals surface area contributed by atoms with E-state index < -0.39 is 0 Å². The molecule has 0 unspecified atom stereocenters. The highest BCUT2D eigenvalue weighted by atomic mass is 79.9. The Morgan fingerprint density at radius 1 is 1.32 bits per heavy atom. The van der Waals surface area contributed by atoms with E-state index in [-0.39, 0.29) is 11.7 Å². The molecule has 2 rings (SSSR count). The Morgan fingerprint density at radius 2 is 2.09 bits per heavy atom. The van der Waals surface area contributed by atoms with Crippen molar-refractivity contribution in [2.45, 2.75) is 6.92 Å². The van der Waals surface area contributed by atoms with E-state index in [1.54, 1.807) is 12.1 Å². The Balaban J connectivity index is 1.82. The van der Waals surface area contributed by atoms with Gasteiger partial charge in [-0.2, -0.15) is 0 Å². The molecule has 0 radical (unpaired) electrons. The van der Waals surface area contributed by atoms with Gasteiger partial charge >= 0.3 is 0 Å². The van der Waals surface area contributed by atoms with Crippen molar-refractivity contribution >= 4 is 33.5 Å². The van der Waals surface area contributed by atoms with Gasteiger partial charge in [0.1, 0.15) is 17.5 Å². The molecule has 7 nitrogen and oxygen atoms in total. The molecule has 22 heavy (non-hydrogen) atoms. The Morgan fingerprint density at radius 3 is 2.73 bits per heavy atom. The van der Waals surface area contributed by atoms with Gasteiger partial charge in [0.05, 0.1) is 0 Å². The first-order valence-electron chi connectivity index (χ1n) is 6.76. The summed E-state index contributed by atoms with van der Waals surface area (Å²) in [5, 5.41) is 5.93. The van der Waals surface area contributed by atoms with Gasteiger partial charge in [0.15, 0.2) is 10.4 Å².